The highest BCUT2D eigenvalue weighted by molar-refractivity contribution is 5.69. The van der Waals surface area contributed by atoms with E-state index < -0.39 is 17.8 Å². The Balaban J connectivity index is 2.00. The van der Waals surface area contributed by atoms with Crippen LogP contribution in [0.15, 0.2) is 30.3 Å². The van der Waals surface area contributed by atoms with Gasteiger partial charge in [-0.1, -0.05) is 30.3 Å². The Bertz CT molecular complexity index is 586. The number of alkyl carbamates (subject to hydrolysis) is 1. The summed E-state index contributed by atoms with van der Waals surface area (Å²) < 4.78 is 5.30. The first-order valence-corrected chi connectivity index (χ1v) is 8.48. The van der Waals surface area contributed by atoms with E-state index in [4.69, 9.17) is 9.84 Å². The molecule has 2 amide bonds. The Labute approximate surface area is 148 Å². The Morgan fingerprint density at radius 1 is 1.20 bits per heavy atom. The standard InChI is InChI=1S/C18H27N3O4/c1-18(2,3)25-17(24)20-15-12-21(10-9-14(15)19-16(22)23)11-13-7-5-4-6-8-13/h4-8,14-15,19H,9-12H2,1-3H3,(H,20,24)(H,22,23)/t14-,15-/m1/s1. The summed E-state index contributed by atoms with van der Waals surface area (Å²) in [6.45, 7) is 7.45. The van der Waals surface area contributed by atoms with Gasteiger partial charge >= 0.3 is 12.2 Å². The second-order valence-electron chi connectivity index (χ2n) is 7.32. The Hall–Kier alpha value is -2.28. The number of nitrogens with one attached hydrogen (secondary N) is 2. The smallest absolute Gasteiger partial charge is 0.407 e. The van der Waals surface area contributed by atoms with Gasteiger partial charge < -0.3 is 20.5 Å². The molecule has 1 fully saturated rings. The number of amides is 2. The zero-order valence-corrected chi connectivity index (χ0v) is 15.0. The van der Waals surface area contributed by atoms with Crippen molar-refractivity contribution < 1.29 is 19.4 Å². The van der Waals surface area contributed by atoms with Crippen LogP contribution in [0, 0.1) is 0 Å². The molecule has 1 aromatic rings. The number of carbonyl (C=O) groups excluding carboxylic acids is 1. The Morgan fingerprint density at radius 2 is 1.88 bits per heavy atom. The van der Waals surface area contributed by atoms with E-state index in [9.17, 15) is 9.59 Å². The number of nitrogens with zero attached hydrogens (tertiary/aromatic N) is 1. The summed E-state index contributed by atoms with van der Waals surface area (Å²) in [5.41, 5.74) is 0.584. The van der Waals surface area contributed by atoms with Gasteiger partial charge in [-0.25, -0.2) is 9.59 Å². The number of piperidine rings is 1. The van der Waals surface area contributed by atoms with Gasteiger partial charge in [-0.15, -0.1) is 0 Å². The van der Waals surface area contributed by atoms with Gasteiger partial charge in [0.15, 0.2) is 0 Å². The van der Waals surface area contributed by atoms with Crippen molar-refractivity contribution in [2.24, 2.45) is 0 Å². The zero-order valence-electron chi connectivity index (χ0n) is 15.0. The van der Waals surface area contributed by atoms with E-state index in [0.717, 1.165) is 13.1 Å². The molecule has 0 spiro atoms. The molecule has 0 unspecified atom stereocenters. The lowest BCUT2D eigenvalue weighted by molar-refractivity contribution is 0.0444. The largest absolute Gasteiger partial charge is 0.465 e. The molecule has 1 aliphatic rings. The first kappa shape index (κ1) is 19.1. The van der Waals surface area contributed by atoms with E-state index in [1.54, 1.807) is 20.8 Å². The molecule has 1 saturated heterocycles. The van der Waals surface area contributed by atoms with E-state index in [2.05, 4.69) is 27.7 Å². The van der Waals surface area contributed by atoms with Crippen LogP contribution < -0.4 is 10.6 Å². The van der Waals surface area contributed by atoms with Crippen LogP contribution in [0.1, 0.15) is 32.8 Å². The summed E-state index contributed by atoms with van der Waals surface area (Å²) >= 11 is 0. The van der Waals surface area contributed by atoms with Crippen molar-refractivity contribution in [1.82, 2.24) is 15.5 Å². The van der Waals surface area contributed by atoms with Gasteiger partial charge in [-0.3, -0.25) is 4.90 Å². The number of carboxylic acid groups (broad SMARTS) is 1. The molecule has 3 N–H and O–H groups in total. The summed E-state index contributed by atoms with van der Waals surface area (Å²) in [6, 6.07) is 9.38. The van der Waals surface area contributed by atoms with Crippen molar-refractivity contribution in [3.63, 3.8) is 0 Å². The van der Waals surface area contributed by atoms with Crippen LogP contribution in [0.4, 0.5) is 9.59 Å². The molecule has 0 bridgehead atoms. The maximum atomic E-state index is 12.1. The average molecular weight is 349 g/mol. The quantitative estimate of drug-likeness (QED) is 0.776. The number of benzene rings is 1. The van der Waals surface area contributed by atoms with Crippen LogP contribution in [0.5, 0.6) is 0 Å². The highest BCUT2D eigenvalue weighted by Crippen LogP contribution is 2.16. The summed E-state index contributed by atoms with van der Waals surface area (Å²) in [7, 11) is 0. The van der Waals surface area contributed by atoms with Crippen LogP contribution in [-0.2, 0) is 11.3 Å². The predicted octanol–water partition coefficient (Wildman–Crippen LogP) is 2.42. The van der Waals surface area contributed by atoms with Crippen LogP contribution in [0.25, 0.3) is 0 Å². The Kier molecular flexibility index (Phi) is 6.25. The van der Waals surface area contributed by atoms with E-state index in [1.165, 1.54) is 5.56 Å². The second-order valence-corrected chi connectivity index (χ2v) is 7.32. The molecule has 1 aromatic carbocycles. The number of ether oxygens (including phenoxy) is 1. The van der Waals surface area contributed by atoms with Gasteiger partial charge in [0.25, 0.3) is 0 Å². The molecular formula is C18H27N3O4. The number of hydrogen-bond acceptors (Lipinski definition) is 4. The van der Waals surface area contributed by atoms with Crippen molar-refractivity contribution in [1.29, 1.82) is 0 Å². The minimum absolute atomic E-state index is 0.336. The monoisotopic (exact) mass is 349 g/mol. The molecule has 1 aliphatic heterocycles. The van der Waals surface area contributed by atoms with Crippen molar-refractivity contribution in [3.8, 4) is 0 Å². The topological polar surface area (TPSA) is 90.9 Å². The molecule has 138 valence electrons. The van der Waals surface area contributed by atoms with Gasteiger partial charge in [0.05, 0.1) is 12.1 Å². The fourth-order valence-electron chi connectivity index (χ4n) is 2.94. The van der Waals surface area contributed by atoms with E-state index >= 15 is 0 Å². The summed E-state index contributed by atoms with van der Waals surface area (Å²) in [4.78, 5) is 25.3. The normalized spacial score (nSPS) is 21.4. The summed E-state index contributed by atoms with van der Waals surface area (Å²) in [5, 5.41) is 14.4. The van der Waals surface area contributed by atoms with Crippen molar-refractivity contribution in [2.75, 3.05) is 13.1 Å². The maximum absolute atomic E-state index is 12.1. The van der Waals surface area contributed by atoms with Gasteiger partial charge in [-0.2, -0.15) is 0 Å². The minimum atomic E-state index is -1.09. The number of carbonyl (C=O) groups is 2. The number of rotatable bonds is 4. The van der Waals surface area contributed by atoms with Gasteiger partial charge in [0, 0.05) is 19.6 Å². The van der Waals surface area contributed by atoms with Crippen molar-refractivity contribution in [3.05, 3.63) is 35.9 Å². The third kappa shape index (κ3) is 6.62. The van der Waals surface area contributed by atoms with Crippen LogP contribution in [-0.4, -0.2) is 53.0 Å². The molecule has 2 atom stereocenters. The van der Waals surface area contributed by atoms with Gasteiger partial charge in [0.1, 0.15) is 5.60 Å². The molecule has 7 nitrogen and oxygen atoms in total. The third-order valence-electron chi connectivity index (χ3n) is 3.96. The van der Waals surface area contributed by atoms with Crippen molar-refractivity contribution >= 4 is 12.2 Å². The molecule has 2 rings (SSSR count). The molecule has 0 aliphatic carbocycles. The molecule has 0 aromatic heterocycles. The Morgan fingerprint density at radius 3 is 2.48 bits per heavy atom. The number of likely N-dealkylation sites (tertiary alicyclic amines) is 1. The van der Waals surface area contributed by atoms with Crippen LogP contribution >= 0.6 is 0 Å². The molecule has 25 heavy (non-hydrogen) atoms. The first-order chi connectivity index (χ1) is 11.7. The lowest BCUT2D eigenvalue weighted by Crippen LogP contribution is -2.60. The maximum Gasteiger partial charge on any atom is 0.407 e. The highest BCUT2D eigenvalue weighted by atomic mass is 16.6. The highest BCUT2D eigenvalue weighted by Gasteiger charge is 2.32. The third-order valence-corrected chi connectivity index (χ3v) is 3.96. The number of hydrogen-bond donors (Lipinski definition) is 3. The summed E-state index contributed by atoms with van der Waals surface area (Å²) in [5.74, 6) is 0. The molecule has 0 radical (unpaired) electrons. The van der Waals surface area contributed by atoms with Gasteiger partial charge in [-0.05, 0) is 32.8 Å². The SMILES string of the molecule is CC(C)(C)OC(=O)N[C@@H]1CN(Cc2ccccc2)CC[C@H]1NC(=O)O. The lowest BCUT2D eigenvalue weighted by atomic mass is 9.98. The molecule has 0 saturated carbocycles. The van der Waals surface area contributed by atoms with E-state index in [0.29, 0.717) is 13.0 Å². The zero-order chi connectivity index (χ0) is 18.4. The first-order valence-electron chi connectivity index (χ1n) is 8.48. The van der Waals surface area contributed by atoms with E-state index in [-0.39, 0.29) is 12.1 Å². The second kappa shape index (κ2) is 8.20. The predicted molar refractivity (Wildman–Crippen MR) is 94.4 cm³/mol. The van der Waals surface area contributed by atoms with Crippen LogP contribution in [0.2, 0.25) is 0 Å². The minimum Gasteiger partial charge on any atom is -0.465 e. The molecule has 7 heteroatoms. The molecule has 1 heterocycles. The van der Waals surface area contributed by atoms with Crippen LogP contribution in [0.3, 0.4) is 0 Å². The van der Waals surface area contributed by atoms with Gasteiger partial charge in [0.2, 0.25) is 0 Å². The lowest BCUT2D eigenvalue weighted by Gasteiger charge is -2.39. The fraction of sp³-hybridized carbons (Fsp3) is 0.556. The molecular weight excluding hydrogens is 322 g/mol. The summed E-state index contributed by atoms with van der Waals surface area (Å²) in [6.07, 6.45) is -0.992. The fourth-order valence-corrected chi connectivity index (χ4v) is 2.94. The van der Waals surface area contributed by atoms with Crippen molar-refractivity contribution in [2.45, 2.75) is 51.4 Å². The van der Waals surface area contributed by atoms with E-state index in [1.807, 2.05) is 18.2 Å². The average Bonchev–Trinajstić information content (AvgIpc) is 2.48.